The largest absolute Gasteiger partial charge is 0.395 e. The highest BCUT2D eigenvalue weighted by atomic mass is 16.3. The van der Waals surface area contributed by atoms with Crippen molar-refractivity contribution < 1.29 is 9.90 Å². The molecule has 1 saturated heterocycles. The van der Waals surface area contributed by atoms with Gasteiger partial charge in [-0.3, -0.25) is 9.69 Å². The van der Waals surface area contributed by atoms with Crippen LogP contribution in [-0.4, -0.2) is 41.7 Å². The second-order valence-electron chi connectivity index (χ2n) is 6.25. The Kier molecular flexibility index (Phi) is 5.76. The standard InChI is InChI=1S/C17H26N2O2/c1-13(2)10-18-17(21)15-6-3-5-14(9-15)11-19-8-4-7-16(19)12-20/h3,5-6,9,13,16,20H,4,7-8,10-12H2,1-2H3,(H,18,21)/t16-/m1/s1. The van der Waals surface area contributed by atoms with Crippen LogP contribution in [0, 0.1) is 5.92 Å². The minimum absolute atomic E-state index is 0.00863. The maximum atomic E-state index is 12.1. The number of nitrogens with zero attached hydrogens (tertiary/aromatic N) is 1. The first kappa shape index (κ1) is 16.0. The van der Waals surface area contributed by atoms with E-state index in [1.807, 2.05) is 24.3 Å². The van der Waals surface area contributed by atoms with Crippen molar-refractivity contribution in [3.63, 3.8) is 0 Å². The summed E-state index contributed by atoms with van der Waals surface area (Å²) in [6.45, 7) is 6.90. The first-order chi connectivity index (χ1) is 10.1. The van der Waals surface area contributed by atoms with E-state index < -0.39 is 0 Å². The van der Waals surface area contributed by atoms with Crippen LogP contribution in [0.3, 0.4) is 0 Å². The van der Waals surface area contributed by atoms with Gasteiger partial charge in [-0.15, -0.1) is 0 Å². The lowest BCUT2D eigenvalue weighted by atomic mass is 10.1. The van der Waals surface area contributed by atoms with Crippen LogP contribution in [0.15, 0.2) is 24.3 Å². The van der Waals surface area contributed by atoms with Gasteiger partial charge in [-0.2, -0.15) is 0 Å². The Labute approximate surface area is 127 Å². The molecule has 1 atom stereocenters. The average Bonchev–Trinajstić information content (AvgIpc) is 2.92. The zero-order valence-corrected chi connectivity index (χ0v) is 13.0. The highest BCUT2D eigenvalue weighted by Crippen LogP contribution is 2.20. The highest BCUT2D eigenvalue weighted by molar-refractivity contribution is 5.94. The number of hydrogen-bond donors (Lipinski definition) is 2. The third kappa shape index (κ3) is 4.55. The molecule has 4 heteroatoms. The highest BCUT2D eigenvalue weighted by Gasteiger charge is 2.23. The molecule has 2 rings (SSSR count). The Bertz CT molecular complexity index is 474. The Morgan fingerprint density at radius 3 is 3.00 bits per heavy atom. The monoisotopic (exact) mass is 290 g/mol. The SMILES string of the molecule is CC(C)CNC(=O)c1cccc(CN2CCC[C@@H]2CO)c1. The van der Waals surface area contributed by atoms with Crippen molar-refractivity contribution in [3.8, 4) is 0 Å². The first-order valence-electron chi connectivity index (χ1n) is 7.82. The lowest BCUT2D eigenvalue weighted by Gasteiger charge is -2.22. The fourth-order valence-electron chi connectivity index (χ4n) is 2.75. The van der Waals surface area contributed by atoms with Crippen LogP contribution in [0.1, 0.15) is 42.6 Å². The third-order valence-corrected chi connectivity index (χ3v) is 3.96. The minimum atomic E-state index is -0.00863. The molecule has 1 heterocycles. The molecule has 1 aliphatic rings. The molecule has 1 aromatic rings. The van der Waals surface area contributed by atoms with Crippen molar-refractivity contribution in [2.45, 2.75) is 39.3 Å². The molecular weight excluding hydrogens is 264 g/mol. The lowest BCUT2D eigenvalue weighted by molar-refractivity contribution is 0.0948. The topological polar surface area (TPSA) is 52.6 Å². The maximum absolute atomic E-state index is 12.1. The van der Waals surface area contributed by atoms with E-state index in [1.165, 1.54) is 0 Å². The lowest BCUT2D eigenvalue weighted by Crippen LogP contribution is -2.31. The molecule has 0 radical (unpaired) electrons. The van der Waals surface area contributed by atoms with Gasteiger partial charge >= 0.3 is 0 Å². The molecule has 0 bridgehead atoms. The summed E-state index contributed by atoms with van der Waals surface area (Å²) in [5, 5.41) is 12.3. The maximum Gasteiger partial charge on any atom is 0.251 e. The summed E-state index contributed by atoms with van der Waals surface area (Å²) in [6, 6.07) is 8.06. The third-order valence-electron chi connectivity index (χ3n) is 3.96. The molecule has 1 amide bonds. The van der Waals surface area contributed by atoms with Gasteiger partial charge in [0.25, 0.3) is 5.91 Å². The van der Waals surface area contributed by atoms with Gasteiger partial charge in [0.05, 0.1) is 6.61 Å². The molecule has 0 aromatic heterocycles. The van der Waals surface area contributed by atoms with Gasteiger partial charge in [-0.25, -0.2) is 0 Å². The Hall–Kier alpha value is -1.39. The van der Waals surface area contributed by atoms with Gasteiger partial charge in [0.1, 0.15) is 0 Å². The quantitative estimate of drug-likeness (QED) is 0.843. The molecule has 0 spiro atoms. The number of hydrogen-bond acceptors (Lipinski definition) is 3. The van der Waals surface area contributed by atoms with Crippen molar-refractivity contribution >= 4 is 5.91 Å². The van der Waals surface area contributed by atoms with E-state index in [0.29, 0.717) is 18.0 Å². The smallest absolute Gasteiger partial charge is 0.251 e. The molecule has 0 saturated carbocycles. The fraction of sp³-hybridized carbons (Fsp3) is 0.588. The Morgan fingerprint density at radius 1 is 1.48 bits per heavy atom. The van der Waals surface area contributed by atoms with Crippen molar-refractivity contribution in [1.29, 1.82) is 0 Å². The molecule has 116 valence electrons. The zero-order chi connectivity index (χ0) is 15.2. The normalized spacial score (nSPS) is 19.1. The summed E-state index contributed by atoms with van der Waals surface area (Å²) in [5.74, 6) is 0.442. The number of carbonyl (C=O) groups excluding carboxylic acids is 1. The predicted molar refractivity (Wildman–Crippen MR) is 84.1 cm³/mol. The summed E-state index contributed by atoms with van der Waals surface area (Å²) in [5.41, 5.74) is 1.85. The second-order valence-corrected chi connectivity index (χ2v) is 6.25. The average molecular weight is 290 g/mol. The number of benzene rings is 1. The van der Waals surface area contributed by atoms with Crippen LogP contribution in [0.2, 0.25) is 0 Å². The van der Waals surface area contributed by atoms with Crippen LogP contribution >= 0.6 is 0 Å². The van der Waals surface area contributed by atoms with Crippen molar-refractivity contribution in [1.82, 2.24) is 10.2 Å². The molecule has 0 aliphatic carbocycles. The Balaban J connectivity index is 1.98. The first-order valence-corrected chi connectivity index (χ1v) is 7.82. The van der Waals surface area contributed by atoms with E-state index in [0.717, 1.165) is 31.5 Å². The molecular formula is C17H26N2O2. The predicted octanol–water partition coefficient (Wildman–Crippen LogP) is 2.03. The van der Waals surface area contributed by atoms with E-state index >= 15 is 0 Å². The molecule has 4 nitrogen and oxygen atoms in total. The number of carbonyl (C=O) groups is 1. The van der Waals surface area contributed by atoms with Crippen LogP contribution in [0.4, 0.5) is 0 Å². The van der Waals surface area contributed by atoms with E-state index in [1.54, 1.807) is 0 Å². The summed E-state index contributed by atoms with van der Waals surface area (Å²) in [6.07, 6.45) is 2.20. The number of rotatable bonds is 6. The van der Waals surface area contributed by atoms with Gasteiger partial charge in [0, 0.05) is 24.7 Å². The Morgan fingerprint density at radius 2 is 2.29 bits per heavy atom. The molecule has 0 unspecified atom stereocenters. The van der Waals surface area contributed by atoms with E-state index in [2.05, 4.69) is 24.1 Å². The molecule has 1 fully saturated rings. The van der Waals surface area contributed by atoms with Crippen LogP contribution < -0.4 is 5.32 Å². The fourth-order valence-corrected chi connectivity index (χ4v) is 2.75. The molecule has 1 aromatic carbocycles. The number of likely N-dealkylation sites (tertiary alicyclic amines) is 1. The van der Waals surface area contributed by atoms with Crippen molar-refractivity contribution in [3.05, 3.63) is 35.4 Å². The van der Waals surface area contributed by atoms with E-state index in [9.17, 15) is 9.90 Å². The van der Waals surface area contributed by atoms with Crippen LogP contribution in [0.5, 0.6) is 0 Å². The van der Waals surface area contributed by atoms with Crippen molar-refractivity contribution in [2.75, 3.05) is 19.7 Å². The van der Waals surface area contributed by atoms with E-state index in [-0.39, 0.29) is 18.6 Å². The van der Waals surface area contributed by atoms with Gasteiger partial charge in [0.2, 0.25) is 0 Å². The second kappa shape index (κ2) is 7.57. The zero-order valence-electron chi connectivity index (χ0n) is 13.0. The number of amides is 1. The minimum Gasteiger partial charge on any atom is -0.395 e. The van der Waals surface area contributed by atoms with Crippen molar-refractivity contribution in [2.24, 2.45) is 5.92 Å². The number of aliphatic hydroxyl groups is 1. The van der Waals surface area contributed by atoms with Gasteiger partial charge in [0.15, 0.2) is 0 Å². The summed E-state index contributed by atoms with van der Waals surface area (Å²) >= 11 is 0. The molecule has 2 N–H and O–H groups in total. The van der Waals surface area contributed by atoms with E-state index in [4.69, 9.17) is 0 Å². The van der Waals surface area contributed by atoms with Gasteiger partial charge in [-0.05, 0) is 43.0 Å². The molecule has 21 heavy (non-hydrogen) atoms. The van der Waals surface area contributed by atoms with Gasteiger partial charge in [-0.1, -0.05) is 26.0 Å². The van der Waals surface area contributed by atoms with Gasteiger partial charge < -0.3 is 10.4 Å². The van der Waals surface area contributed by atoms with Crippen LogP contribution in [-0.2, 0) is 6.54 Å². The summed E-state index contributed by atoms with van der Waals surface area (Å²) in [7, 11) is 0. The summed E-state index contributed by atoms with van der Waals surface area (Å²) < 4.78 is 0. The number of aliphatic hydroxyl groups excluding tert-OH is 1. The molecule has 1 aliphatic heterocycles. The summed E-state index contributed by atoms with van der Waals surface area (Å²) in [4.78, 5) is 14.4. The number of nitrogens with one attached hydrogen (secondary N) is 1. The van der Waals surface area contributed by atoms with Crippen LogP contribution in [0.25, 0.3) is 0 Å².